The van der Waals surface area contributed by atoms with Crippen LogP contribution in [-0.2, 0) is 0 Å². The van der Waals surface area contributed by atoms with Gasteiger partial charge in [-0.25, -0.2) is 8.78 Å². The molecule has 1 saturated carbocycles. The number of carbonyl (C=O) groups is 1. The summed E-state index contributed by atoms with van der Waals surface area (Å²) < 4.78 is 33.2. The molecule has 0 bridgehead atoms. The van der Waals surface area contributed by atoms with Gasteiger partial charge < -0.3 is 14.5 Å². The first kappa shape index (κ1) is 20.0. The standard InChI is InChI=1S/C24H25F2N3O2/c1-28(2)23(30)22-18(4-3-9-27-22)17-8-7-16-10-20(29-13-24(25,26)14-29)21(11-19(16)17)31-12-15-5-6-15/h3-4,7-11,15,17H,5-6,12-14H2,1-2H3. The highest BCUT2D eigenvalue weighted by Crippen LogP contribution is 2.45. The molecule has 1 unspecified atom stereocenters. The Kier molecular flexibility index (Phi) is 4.72. The number of amides is 1. The highest BCUT2D eigenvalue weighted by atomic mass is 19.3. The van der Waals surface area contributed by atoms with E-state index >= 15 is 0 Å². The number of benzene rings is 1. The summed E-state index contributed by atoms with van der Waals surface area (Å²) in [6.07, 6.45) is 7.95. The van der Waals surface area contributed by atoms with Crippen LogP contribution in [0.5, 0.6) is 5.75 Å². The van der Waals surface area contributed by atoms with Crippen LogP contribution in [0.1, 0.15) is 45.9 Å². The zero-order valence-electron chi connectivity index (χ0n) is 17.6. The van der Waals surface area contributed by atoms with E-state index < -0.39 is 5.92 Å². The number of anilines is 1. The second-order valence-corrected chi connectivity index (χ2v) is 8.89. The highest BCUT2D eigenvalue weighted by Gasteiger charge is 2.45. The van der Waals surface area contributed by atoms with Gasteiger partial charge in [-0.3, -0.25) is 9.78 Å². The lowest BCUT2D eigenvalue weighted by atomic mass is 9.90. The summed E-state index contributed by atoms with van der Waals surface area (Å²) in [5.41, 5.74) is 3.92. The van der Waals surface area contributed by atoms with Gasteiger partial charge in [0, 0.05) is 26.2 Å². The summed E-state index contributed by atoms with van der Waals surface area (Å²) in [5, 5.41) is 0. The highest BCUT2D eigenvalue weighted by molar-refractivity contribution is 5.94. The fraction of sp³-hybridized carbons (Fsp3) is 0.417. The summed E-state index contributed by atoms with van der Waals surface area (Å²) in [5.74, 6) is -1.75. The van der Waals surface area contributed by atoms with Gasteiger partial charge in [0.15, 0.2) is 0 Å². The molecule has 1 aliphatic heterocycles. The second-order valence-electron chi connectivity index (χ2n) is 8.89. The fourth-order valence-electron chi connectivity index (χ4n) is 4.19. The summed E-state index contributed by atoms with van der Waals surface area (Å²) in [4.78, 5) is 20.2. The van der Waals surface area contributed by atoms with Crippen molar-refractivity contribution in [2.75, 3.05) is 38.7 Å². The molecule has 0 radical (unpaired) electrons. The number of halogens is 2. The maximum atomic E-state index is 13.5. The van der Waals surface area contributed by atoms with E-state index in [1.54, 1.807) is 25.2 Å². The Morgan fingerprint density at radius 1 is 1.26 bits per heavy atom. The van der Waals surface area contributed by atoms with Gasteiger partial charge in [-0.15, -0.1) is 0 Å². The van der Waals surface area contributed by atoms with Gasteiger partial charge in [-0.05, 0) is 53.6 Å². The van der Waals surface area contributed by atoms with Crippen molar-refractivity contribution >= 4 is 17.7 Å². The van der Waals surface area contributed by atoms with Crippen molar-refractivity contribution in [1.29, 1.82) is 0 Å². The SMILES string of the molecule is CN(C)C(=O)c1ncccc1C1C=Cc2cc(N3CC(F)(F)C3)c(OCC3CC3)cc21. The molecule has 1 aromatic carbocycles. The lowest BCUT2D eigenvalue weighted by Crippen LogP contribution is -2.56. The zero-order valence-corrected chi connectivity index (χ0v) is 17.6. The molecule has 1 saturated heterocycles. The molecule has 2 fully saturated rings. The van der Waals surface area contributed by atoms with Crippen LogP contribution in [0.15, 0.2) is 36.5 Å². The van der Waals surface area contributed by atoms with E-state index in [1.165, 1.54) is 4.90 Å². The number of pyridine rings is 1. The molecular weight excluding hydrogens is 400 g/mol. The molecule has 0 spiro atoms. The third kappa shape index (κ3) is 3.77. The molecule has 1 atom stereocenters. The van der Waals surface area contributed by atoms with Crippen LogP contribution >= 0.6 is 0 Å². The molecule has 1 aromatic heterocycles. The number of ether oxygens (including phenoxy) is 1. The average Bonchev–Trinajstić information content (AvgIpc) is 3.47. The minimum absolute atomic E-state index is 0.141. The van der Waals surface area contributed by atoms with E-state index in [-0.39, 0.29) is 24.9 Å². The molecule has 0 N–H and O–H groups in total. The molecule has 3 aliphatic rings. The largest absolute Gasteiger partial charge is 0.491 e. The second kappa shape index (κ2) is 7.32. The van der Waals surface area contributed by atoms with Crippen LogP contribution in [0.4, 0.5) is 14.5 Å². The van der Waals surface area contributed by atoms with E-state index in [2.05, 4.69) is 4.98 Å². The van der Waals surface area contributed by atoms with Crippen LogP contribution in [0, 0.1) is 5.92 Å². The van der Waals surface area contributed by atoms with Crippen LogP contribution < -0.4 is 9.64 Å². The van der Waals surface area contributed by atoms with E-state index in [9.17, 15) is 13.6 Å². The van der Waals surface area contributed by atoms with E-state index in [0.717, 1.165) is 29.5 Å². The van der Waals surface area contributed by atoms with Gasteiger partial charge in [-0.1, -0.05) is 18.2 Å². The first-order valence-electron chi connectivity index (χ1n) is 10.6. The number of aromatic nitrogens is 1. The van der Waals surface area contributed by atoms with Gasteiger partial charge in [0.1, 0.15) is 11.4 Å². The van der Waals surface area contributed by atoms with Crippen molar-refractivity contribution in [2.45, 2.75) is 24.7 Å². The van der Waals surface area contributed by atoms with E-state index in [0.29, 0.717) is 29.7 Å². The average molecular weight is 425 g/mol. The molecule has 5 rings (SSSR count). The van der Waals surface area contributed by atoms with Crippen molar-refractivity contribution < 1.29 is 18.3 Å². The predicted octanol–water partition coefficient (Wildman–Crippen LogP) is 4.19. The summed E-state index contributed by atoms with van der Waals surface area (Å²) in [6.45, 7) is 0.0248. The number of carbonyl (C=O) groups excluding carboxylic acids is 1. The van der Waals surface area contributed by atoms with Crippen molar-refractivity contribution in [2.24, 2.45) is 5.92 Å². The third-order valence-corrected chi connectivity index (χ3v) is 6.11. The van der Waals surface area contributed by atoms with E-state index in [1.807, 2.05) is 36.4 Å². The summed E-state index contributed by atoms with van der Waals surface area (Å²) in [7, 11) is 3.41. The lowest BCUT2D eigenvalue weighted by molar-refractivity contribution is -0.0264. The Labute approximate surface area is 180 Å². The lowest BCUT2D eigenvalue weighted by Gasteiger charge is -2.41. The molecule has 2 aliphatic carbocycles. The monoisotopic (exact) mass is 425 g/mol. The molecule has 2 aromatic rings. The molecule has 7 heteroatoms. The number of alkyl halides is 2. The molecule has 1 amide bonds. The third-order valence-electron chi connectivity index (χ3n) is 6.11. The van der Waals surface area contributed by atoms with Gasteiger partial charge in [0.05, 0.1) is 25.4 Å². The van der Waals surface area contributed by atoms with Crippen molar-refractivity contribution in [3.63, 3.8) is 0 Å². The summed E-state index contributed by atoms with van der Waals surface area (Å²) in [6, 6.07) is 7.65. The quantitative estimate of drug-likeness (QED) is 0.697. The minimum atomic E-state index is -2.65. The first-order chi connectivity index (χ1) is 14.8. The van der Waals surface area contributed by atoms with Gasteiger partial charge in [-0.2, -0.15) is 0 Å². The van der Waals surface area contributed by atoms with Crippen molar-refractivity contribution in [3.8, 4) is 5.75 Å². The van der Waals surface area contributed by atoms with Crippen molar-refractivity contribution in [1.82, 2.24) is 9.88 Å². The predicted molar refractivity (Wildman–Crippen MR) is 115 cm³/mol. The maximum Gasteiger partial charge on any atom is 0.282 e. The first-order valence-corrected chi connectivity index (χ1v) is 10.6. The number of nitrogens with zero attached hydrogens (tertiary/aromatic N) is 3. The molecular formula is C24H25F2N3O2. The normalized spacial score (nSPS) is 20.9. The molecule has 31 heavy (non-hydrogen) atoms. The number of hydrogen-bond acceptors (Lipinski definition) is 4. The Morgan fingerprint density at radius 2 is 2.03 bits per heavy atom. The van der Waals surface area contributed by atoms with Crippen LogP contribution in [0.25, 0.3) is 6.08 Å². The summed E-state index contributed by atoms with van der Waals surface area (Å²) >= 11 is 0. The van der Waals surface area contributed by atoms with Crippen LogP contribution in [-0.4, -0.2) is 55.5 Å². The Hall–Kier alpha value is -2.96. The Balaban J connectivity index is 1.52. The number of hydrogen-bond donors (Lipinski definition) is 0. The van der Waals surface area contributed by atoms with Crippen LogP contribution in [0.3, 0.4) is 0 Å². The van der Waals surface area contributed by atoms with Gasteiger partial charge in [0.25, 0.3) is 11.8 Å². The number of rotatable bonds is 6. The smallest absolute Gasteiger partial charge is 0.282 e. The van der Waals surface area contributed by atoms with Gasteiger partial charge >= 0.3 is 0 Å². The van der Waals surface area contributed by atoms with Crippen molar-refractivity contribution in [3.05, 3.63) is 58.9 Å². The van der Waals surface area contributed by atoms with E-state index in [4.69, 9.17) is 4.74 Å². The van der Waals surface area contributed by atoms with Crippen LogP contribution in [0.2, 0.25) is 0 Å². The fourth-order valence-corrected chi connectivity index (χ4v) is 4.19. The zero-order chi connectivity index (χ0) is 21.8. The Bertz CT molecular complexity index is 1050. The Morgan fingerprint density at radius 3 is 2.71 bits per heavy atom. The number of allylic oxidation sites excluding steroid dienone is 1. The maximum absolute atomic E-state index is 13.5. The van der Waals surface area contributed by atoms with Gasteiger partial charge in [0.2, 0.25) is 0 Å². The molecule has 162 valence electrons. The number of fused-ring (bicyclic) bond motifs is 1. The minimum Gasteiger partial charge on any atom is -0.491 e. The topological polar surface area (TPSA) is 45.7 Å². The molecule has 5 nitrogen and oxygen atoms in total. The molecule has 2 heterocycles.